The van der Waals surface area contributed by atoms with E-state index in [-0.39, 0.29) is 17.2 Å². The molecule has 0 heterocycles. The predicted molar refractivity (Wildman–Crippen MR) is 82.0 cm³/mol. The van der Waals surface area contributed by atoms with E-state index >= 15 is 0 Å². The minimum atomic E-state index is -0.621. The van der Waals surface area contributed by atoms with Crippen molar-refractivity contribution in [2.24, 2.45) is 0 Å². The van der Waals surface area contributed by atoms with Crippen LogP contribution in [0.2, 0.25) is 5.02 Å². The summed E-state index contributed by atoms with van der Waals surface area (Å²) >= 11 is 6.06. The highest BCUT2D eigenvalue weighted by molar-refractivity contribution is 6.32. The van der Waals surface area contributed by atoms with E-state index in [0.717, 1.165) is 0 Å². The Morgan fingerprint density at radius 3 is 2.43 bits per heavy atom. The van der Waals surface area contributed by atoms with Gasteiger partial charge in [-0.1, -0.05) is 24.6 Å². The summed E-state index contributed by atoms with van der Waals surface area (Å²) in [7, 11) is 1.53. The van der Waals surface area contributed by atoms with Gasteiger partial charge in [0.25, 0.3) is 0 Å². The Morgan fingerprint density at radius 2 is 1.90 bits per heavy atom. The third-order valence-corrected chi connectivity index (χ3v) is 2.78. The number of carbonyl (C=O) groups is 2. The SMILES string of the molecule is CCC(=O)Oc1c(Cl)cccc1N(C)C(=O)OC(C)(C)C. The lowest BCUT2D eigenvalue weighted by molar-refractivity contribution is -0.133. The number of amides is 1. The number of hydrogen-bond donors (Lipinski definition) is 0. The molecule has 0 aliphatic rings. The normalized spacial score (nSPS) is 11.0. The van der Waals surface area contributed by atoms with Gasteiger partial charge in [0.15, 0.2) is 5.75 Å². The van der Waals surface area contributed by atoms with Crippen molar-refractivity contribution >= 4 is 29.4 Å². The molecule has 116 valence electrons. The number of ether oxygens (including phenoxy) is 2. The third kappa shape index (κ3) is 4.93. The molecule has 0 N–H and O–H groups in total. The van der Waals surface area contributed by atoms with E-state index in [9.17, 15) is 9.59 Å². The van der Waals surface area contributed by atoms with E-state index in [1.165, 1.54) is 11.9 Å². The van der Waals surface area contributed by atoms with Gasteiger partial charge in [-0.15, -0.1) is 0 Å². The molecule has 0 spiro atoms. The van der Waals surface area contributed by atoms with Gasteiger partial charge in [0.1, 0.15) is 5.60 Å². The van der Waals surface area contributed by atoms with Crippen molar-refractivity contribution in [1.82, 2.24) is 0 Å². The van der Waals surface area contributed by atoms with Crippen LogP contribution in [0.25, 0.3) is 0 Å². The molecule has 0 aliphatic heterocycles. The average Bonchev–Trinajstić information content (AvgIpc) is 2.38. The van der Waals surface area contributed by atoms with Crippen LogP contribution in [0.3, 0.4) is 0 Å². The minimum Gasteiger partial charge on any atom is -0.443 e. The molecule has 0 aromatic heterocycles. The second kappa shape index (κ2) is 6.80. The Kier molecular flexibility index (Phi) is 5.61. The number of benzene rings is 1. The molecule has 0 fully saturated rings. The van der Waals surface area contributed by atoms with Crippen LogP contribution in [0.5, 0.6) is 5.75 Å². The van der Waals surface area contributed by atoms with Crippen LogP contribution < -0.4 is 9.64 Å². The average molecular weight is 314 g/mol. The molecule has 1 aromatic rings. The second-order valence-corrected chi connectivity index (χ2v) is 5.86. The van der Waals surface area contributed by atoms with E-state index in [0.29, 0.717) is 5.69 Å². The molecule has 0 radical (unpaired) electrons. The molecule has 6 heteroatoms. The first-order chi connectivity index (χ1) is 9.65. The summed E-state index contributed by atoms with van der Waals surface area (Å²) in [6, 6.07) is 4.89. The first kappa shape index (κ1) is 17.3. The van der Waals surface area contributed by atoms with Crippen LogP contribution in [0.15, 0.2) is 18.2 Å². The highest BCUT2D eigenvalue weighted by Gasteiger charge is 2.24. The summed E-state index contributed by atoms with van der Waals surface area (Å²) in [5.74, 6) is -0.277. The lowest BCUT2D eigenvalue weighted by atomic mass is 10.2. The minimum absolute atomic E-state index is 0.152. The molecule has 0 saturated heterocycles. The summed E-state index contributed by atoms with van der Waals surface area (Å²) in [5.41, 5.74) is -0.247. The first-order valence-electron chi connectivity index (χ1n) is 6.61. The first-order valence-corrected chi connectivity index (χ1v) is 6.99. The number of rotatable bonds is 3. The van der Waals surface area contributed by atoms with Crippen LogP contribution >= 0.6 is 11.6 Å². The van der Waals surface area contributed by atoms with E-state index in [2.05, 4.69) is 0 Å². The third-order valence-electron chi connectivity index (χ3n) is 2.48. The van der Waals surface area contributed by atoms with E-state index in [1.807, 2.05) is 0 Å². The molecule has 1 aromatic carbocycles. The maximum Gasteiger partial charge on any atom is 0.414 e. The van der Waals surface area contributed by atoms with Crippen molar-refractivity contribution in [3.63, 3.8) is 0 Å². The van der Waals surface area contributed by atoms with Crippen LogP contribution in [-0.2, 0) is 9.53 Å². The van der Waals surface area contributed by atoms with Gasteiger partial charge in [-0.05, 0) is 32.9 Å². The van der Waals surface area contributed by atoms with Gasteiger partial charge in [0.05, 0.1) is 10.7 Å². The Hall–Kier alpha value is -1.75. The molecular weight excluding hydrogens is 294 g/mol. The van der Waals surface area contributed by atoms with Crippen molar-refractivity contribution in [3.8, 4) is 5.75 Å². The fourth-order valence-electron chi connectivity index (χ4n) is 1.48. The van der Waals surface area contributed by atoms with E-state index in [1.54, 1.807) is 45.9 Å². The molecule has 0 atom stereocenters. The van der Waals surface area contributed by atoms with E-state index < -0.39 is 17.7 Å². The predicted octanol–water partition coefficient (Wildman–Crippen LogP) is 4.03. The summed E-state index contributed by atoms with van der Waals surface area (Å²) in [6.45, 7) is 6.99. The van der Waals surface area contributed by atoms with Crippen LogP contribution in [-0.4, -0.2) is 24.7 Å². The van der Waals surface area contributed by atoms with Crippen LogP contribution in [0.1, 0.15) is 34.1 Å². The molecular formula is C15H20ClNO4. The largest absolute Gasteiger partial charge is 0.443 e. The van der Waals surface area contributed by atoms with Crippen molar-refractivity contribution in [2.45, 2.75) is 39.7 Å². The van der Waals surface area contributed by atoms with E-state index in [4.69, 9.17) is 21.1 Å². The van der Waals surface area contributed by atoms with Gasteiger partial charge in [0.2, 0.25) is 0 Å². The number of hydrogen-bond acceptors (Lipinski definition) is 4. The quantitative estimate of drug-likeness (QED) is 0.624. The topological polar surface area (TPSA) is 55.8 Å². The molecule has 0 bridgehead atoms. The monoisotopic (exact) mass is 313 g/mol. The Labute approximate surface area is 129 Å². The fraction of sp³-hybridized carbons (Fsp3) is 0.467. The van der Waals surface area contributed by atoms with Crippen molar-refractivity contribution in [2.75, 3.05) is 11.9 Å². The van der Waals surface area contributed by atoms with Gasteiger partial charge in [0, 0.05) is 13.5 Å². The van der Waals surface area contributed by atoms with Crippen molar-refractivity contribution in [1.29, 1.82) is 0 Å². The zero-order valence-electron chi connectivity index (χ0n) is 12.9. The number of para-hydroxylation sites is 1. The molecule has 1 amide bonds. The molecule has 1 rings (SSSR count). The maximum absolute atomic E-state index is 12.1. The van der Waals surface area contributed by atoms with Crippen LogP contribution in [0.4, 0.5) is 10.5 Å². The summed E-state index contributed by atoms with van der Waals surface area (Å²) in [5, 5.41) is 0.254. The number of esters is 1. The molecule has 0 aliphatic carbocycles. The molecule has 0 unspecified atom stereocenters. The highest BCUT2D eigenvalue weighted by Crippen LogP contribution is 2.35. The van der Waals surface area contributed by atoms with Crippen molar-refractivity contribution in [3.05, 3.63) is 23.2 Å². The summed E-state index contributed by atoms with van der Waals surface area (Å²) in [4.78, 5) is 24.8. The smallest absolute Gasteiger partial charge is 0.414 e. The van der Waals surface area contributed by atoms with Gasteiger partial charge in [-0.2, -0.15) is 0 Å². The van der Waals surface area contributed by atoms with Crippen LogP contribution in [0, 0.1) is 0 Å². The summed E-state index contributed by atoms with van der Waals surface area (Å²) < 4.78 is 10.5. The Balaban J connectivity index is 3.09. The lowest BCUT2D eigenvalue weighted by Gasteiger charge is -2.25. The maximum atomic E-state index is 12.1. The second-order valence-electron chi connectivity index (χ2n) is 5.46. The molecule has 0 saturated carbocycles. The Bertz CT molecular complexity index is 537. The van der Waals surface area contributed by atoms with Gasteiger partial charge in [-0.3, -0.25) is 9.69 Å². The number of anilines is 1. The van der Waals surface area contributed by atoms with Gasteiger partial charge >= 0.3 is 12.1 Å². The zero-order valence-corrected chi connectivity index (χ0v) is 13.7. The standard InChI is InChI=1S/C15H20ClNO4/c1-6-12(18)20-13-10(16)8-7-9-11(13)17(5)14(19)21-15(2,3)4/h7-9H,6H2,1-5H3. The molecule has 5 nitrogen and oxygen atoms in total. The zero-order chi connectivity index (χ0) is 16.2. The number of halogens is 1. The Morgan fingerprint density at radius 1 is 1.29 bits per heavy atom. The molecule has 21 heavy (non-hydrogen) atoms. The van der Waals surface area contributed by atoms with Crippen molar-refractivity contribution < 1.29 is 19.1 Å². The highest BCUT2D eigenvalue weighted by atomic mass is 35.5. The van der Waals surface area contributed by atoms with Gasteiger partial charge in [-0.25, -0.2) is 4.79 Å². The lowest BCUT2D eigenvalue weighted by Crippen LogP contribution is -2.34. The summed E-state index contributed by atoms with van der Waals surface area (Å²) in [6.07, 6.45) is -0.348. The number of nitrogens with zero attached hydrogens (tertiary/aromatic N) is 1. The fourth-order valence-corrected chi connectivity index (χ4v) is 1.69. The van der Waals surface area contributed by atoms with Gasteiger partial charge < -0.3 is 9.47 Å². The number of carbonyl (C=O) groups excluding carboxylic acids is 2.